The molecule has 0 bridgehead atoms. The van der Waals surface area contributed by atoms with E-state index in [-0.39, 0.29) is 6.04 Å². The number of rotatable bonds is 5. The lowest BCUT2D eigenvalue weighted by molar-refractivity contribution is 0.472. The summed E-state index contributed by atoms with van der Waals surface area (Å²) in [6.07, 6.45) is 1.47. The van der Waals surface area contributed by atoms with Crippen molar-refractivity contribution in [2.45, 2.75) is 19.9 Å². The molecule has 6 heteroatoms. The second kappa shape index (κ2) is 7.72. The third-order valence-corrected chi connectivity index (χ3v) is 3.86. The number of aromatic nitrogens is 2. The summed E-state index contributed by atoms with van der Waals surface area (Å²) in [5.74, 6) is 1.18. The molecule has 0 saturated heterocycles. The first-order chi connectivity index (χ1) is 12.0. The Bertz CT molecular complexity index is 925. The molecule has 3 aromatic rings. The van der Waals surface area contributed by atoms with E-state index in [4.69, 9.17) is 27.9 Å². The summed E-state index contributed by atoms with van der Waals surface area (Å²) in [7, 11) is 0. The molecule has 0 aliphatic heterocycles. The van der Waals surface area contributed by atoms with Crippen LogP contribution >= 0.6 is 23.2 Å². The van der Waals surface area contributed by atoms with Crippen molar-refractivity contribution in [2.24, 2.45) is 0 Å². The monoisotopic (exact) mass is 373 g/mol. The van der Waals surface area contributed by atoms with E-state index in [1.165, 1.54) is 6.26 Å². The van der Waals surface area contributed by atoms with Crippen molar-refractivity contribution in [1.82, 2.24) is 15.3 Å². The lowest BCUT2D eigenvalue weighted by atomic mass is 10.2. The third kappa shape index (κ3) is 4.41. The zero-order valence-electron chi connectivity index (χ0n) is 13.8. The highest BCUT2D eigenvalue weighted by molar-refractivity contribution is 6.34. The highest BCUT2D eigenvalue weighted by Gasteiger charge is 2.08. The summed E-state index contributed by atoms with van der Waals surface area (Å²) in [5.41, 5.74) is 1.61. The summed E-state index contributed by atoms with van der Waals surface area (Å²) < 4.78 is 5.60. The van der Waals surface area contributed by atoms with E-state index in [1.54, 1.807) is 0 Å². The van der Waals surface area contributed by atoms with E-state index in [2.05, 4.69) is 15.3 Å². The topological polar surface area (TPSA) is 47.0 Å². The summed E-state index contributed by atoms with van der Waals surface area (Å²) in [4.78, 5) is 8.97. The van der Waals surface area contributed by atoms with Gasteiger partial charge in [0.1, 0.15) is 22.3 Å². The molecular weight excluding hydrogens is 357 g/mol. The zero-order chi connectivity index (χ0) is 17.8. The van der Waals surface area contributed by atoms with Gasteiger partial charge in [-0.2, -0.15) is 0 Å². The molecule has 25 heavy (non-hydrogen) atoms. The molecule has 0 aliphatic carbocycles. The minimum Gasteiger partial charge on any atom is -0.462 e. The first-order valence-electron chi connectivity index (χ1n) is 7.84. The third-order valence-electron chi connectivity index (χ3n) is 3.37. The molecule has 128 valence electrons. The van der Waals surface area contributed by atoms with Gasteiger partial charge in [-0.05, 0) is 38.1 Å². The van der Waals surface area contributed by atoms with E-state index in [0.29, 0.717) is 21.9 Å². The van der Waals surface area contributed by atoms with E-state index < -0.39 is 0 Å². The first kappa shape index (κ1) is 17.5. The van der Waals surface area contributed by atoms with Crippen LogP contribution in [0.25, 0.3) is 22.3 Å². The molecule has 2 aromatic carbocycles. The van der Waals surface area contributed by atoms with E-state index in [1.807, 2.05) is 62.4 Å². The van der Waals surface area contributed by atoms with Crippen LogP contribution in [0.15, 0.2) is 59.9 Å². The van der Waals surface area contributed by atoms with Crippen LogP contribution in [0.4, 0.5) is 0 Å². The Kier molecular flexibility index (Phi) is 5.41. The van der Waals surface area contributed by atoms with E-state index in [9.17, 15) is 0 Å². The molecule has 4 nitrogen and oxygen atoms in total. The number of hydrogen-bond donors (Lipinski definition) is 1. The average molecular weight is 374 g/mol. The maximum absolute atomic E-state index is 6.29. The van der Waals surface area contributed by atoms with Crippen LogP contribution in [0.1, 0.15) is 13.8 Å². The fourth-order valence-electron chi connectivity index (χ4n) is 2.31. The summed E-state index contributed by atoms with van der Waals surface area (Å²) >= 11 is 12.3. The molecule has 3 rings (SSSR count). The van der Waals surface area contributed by atoms with Gasteiger partial charge in [-0.25, -0.2) is 9.97 Å². The van der Waals surface area contributed by atoms with Crippen LogP contribution in [-0.4, -0.2) is 16.0 Å². The molecule has 0 radical (unpaired) electrons. The Morgan fingerprint density at radius 1 is 1.12 bits per heavy atom. The molecule has 0 aliphatic rings. The fraction of sp³-hybridized carbons (Fsp3) is 0.158. The molecule has 1 N–H and O–H groups in total. The van der Waals surface area contributed by atoms with Gasteiger partial charge >= 0.3 is 0 Å². The van der Waals surface area contributed by atoms with Crippen molar-refractivity contribution in [3.8, 4) is 17.1 Å². The average Bonchev–Trinajstić information content (AvgIpc) is 2.60. The maximum Gasteiger partial charge on any atom is 0.161 e. The van der Waals surface area contributed by atoms with Crippen molar-refractivity contribution in [3.63, 3.8) is 0 Å². The molecule has 0 unspecified atom stereocenters. The highest BCUT2D eigenvalue weighted by Crippen LogP contribution is 2.26. The number of benzene rings is 2. The number of nitrogens with one attached hydrogen (secondary N) is 1. The van der Waals surface area contributed by atoms with Gasteiger partial charge in [0.25, 0.3) is 0 Å². The normalized spacial score (nSPS) is 11.8. The van der Waals surface area contributed by atoms with Crippen LogP contribution < -0.4 is 10.1 Å². The minimum absolute atomic E-state index is 0.229. The fourth-order valence-corrected chi connectivity index (χ4v) is 2.81. The van der Waals surface area contributed by atoms with Gasteiger partial charge in [0.2, 0.25) is 0 Å². The number of nitrogens with zero attached hydrogens (tertiary/aromatic N) is 2. The van der Waals surface area contributed by atoms with Crippen LogP contribution in [0, 0.1) is 0 Å². The van der Waals surface area contributed by atoms with Crippen molar-refractivity contribution in [1.29, 1.82) is 0 Å². The van der Waals surface area contributed by atoms with Crippen LogP contribution in [0.5, 0.6) is 5.75 Å². The quantitative estimate of drug-likeness (QED) is 0.371. The second-order valence-corrected chi connectivity index (χ2v) is 6.53. The standard InChI is InChI=1S/C19H17Cl2N3O/c1-12(2)22-17(20)11-25-14-7-5-6-13(10-14)19-23-16-9-4-3-8-15(16)18(21)24-19/h3-12,22H,1-2H3/b17-11+. The summed E-state index contributed by atoms with van der Waals surface area (Å²) in [6, 6.07) is 15.3. The number of para-hydroxylation sites is 1. The van der Waals surface area contributed by atoms with Gasteiger partial charge in [-0.1, -0.05) is 47.5 Å². The molecule has 1 heterocycles. The molecule has 1 aromatic heterocycles. The molecule has 0 amide bonds. The van der Waals surface area contributed by atoms with Gasteiger partial charge in [-0.15, -0.1) is 0 Å². The molecule has 0 saturated carbocycles. The van der Waals surface area contributed by atoms with Gasteiger partial charge in [-0.3, -0.25) is 0 Å². The maximum atomic E-state index is 6.29. The van der Waals surface area contributed by atoms with E-state index in [0.717, 1.165) is 16.5 Å². The Balaban J connectivity index is 1.89. The van der Waals surface area contributed by atoms with Gasteiger partial charge in [0.05, 0.1) is 5.52 Å². The lowest BCUT2D eigenvalue weighted by Crippen LogP contribution is -2.19. The largest absolute Gasteiger partial charge is 0.462 e. The van der Waals surface area contributed by atoms with E-state index >= 15 is 0 Å². The second-order valence-electron chi connectivity index (χ2n) is 5.77. The Hall–Kier alpha value is -2.30. The molecule has 0 atom stereocenters. The van der Waals surface area contributed by atoms with Crippen LogP contribution in [0.3, 0.4) is 0 Å². The van der Waals surface area contributed by atoms with Crippen LogP contribution in [0.2, 0.25) is 5.15 Å². The summed E-state index contributed by atoms with van der Waals surface area (Å²) in [6.45, 7) is 4.00. The van der Waals surface area contributed by atoms with Crippen molar-refractivity contribution < 1.29 is 4.74 Å². The van der Waals surface area contributed by atoms with Gasteiger partial charge in [0, 0.05) is 17.0 Å². The van der Waals surface area contributed by atoms with Gasteiger partial charge < -0.3 is 10.1 Å². The predicted molar refractivity (Wildman–Crippen MR) is 103 cm³/mol. The van der Waals surface area contributed by atoms with Gasteiger partial charge in [0.15, 0.2) is 5.82 Å². The number of fused-ring (bicyclic) bond motifs is 1. The highest BCUT2D eigenvalue weighted by atomic mass is 35.5. The SMILES string of the molecule is CC(C)N/C(Cl)=C/Oc1cccc(-c2nc(Cl)c3ccccc3n2)c1. The molecular formula is C19H17Cl2N3O. The minimum atomic E-state index is 0.229. The Labute approximate surface area is 156 Å². The predicted octanol–water partition coefficient (Wildman–Crippen LogP) is 5.36. The molecule has 0 spiro atoms. The van der Waals surface area contributed by atoms with Crippen molar-refractivity contribution >= 4 is 34.1 Å². The van der Waals surface area contributed by atoms with Crippen molar-refractivity contribution in [2.75, 3.05) is 0 Å². The van der Waals surface area contributed by atoms with Crippen molar-refractivity contribution in [3.05, 3.63) is 65.1 Å². The number of halogens is 2. The molecule has 0 fully saturated rings. The lowest BCUT2D eigenvalue weighted by Gasteiger charge is -2.09. The number of hydrogen-bond acceptors (Lipinski definition) is 4. The number of ether oxygens (including phenoxy) is 1. The Morgan fingerprint density at radius 3 is 2.72 bits per heavy atom. The summed E-state index contributed by atoms with van der Waals surface area (Å²) in [5, 5.41) is 4.74. The smallest absolute Gasteiger partial charge is 0.161 e. The Morgan fingerprint density at radius 2 is 1.92 bits per heavy atom. The zero-order valence-corrected chi connectivity index (χ0v) is 15.3. The first-order valence-corrected chi connectivity index (χ1v) is 8.60. The van der Waals surface area contributed by atoms with Crippen LogP contribution in [-0.2, 0) is 0 Å².